The first kappa shape index (κ1) is 25.0. The van der Waals surface area contributed by atoms with Crippen molar-refractivity contribution in [1.29, 1.82) is 10.5 Å². The summed E-state index contributed by atoms with van der Waals surface area (Å²) in [5.41, 5.74) is 1.23. The average molecular weight is 462 g/mol. The number of rotatable bonds is 11. The highest BCUT2D eigenvalue weighted by Crippen LogP contribution is 2.51. The zero-order valence-corrected chi connectivity index (χ0v) is 20.2. The minimum atomic E-state index is -0.609. The van der Waals surface area contributed by atoms with Gasteiger partial charge in [0.25, 0.3) is 0 Å². The molecule has 1 saturated carbocycles. The molecule has 3 rings (SSSR count). The Balaban J connectivity index is 1.66. The molecule has 1 aliphatic rings. The van der Waals surface area contributed by atoms with Gasteiger partial charge in [0.05, 0.1) is 29.9 Å². The van der Waals surface area contributed by atoms with Crippen LogP contribution in [0.15, 0.2) is 36.5 Å². The highest BCUT2D eigenvalue weighted by Gasteiger charge is 2.48. The summed E-state index contributed by atoms with van der Waals surface area (Å²) in [7, 11) is 1.59. The van der Waals surface area contributed by atoms with E-state index in [0.717, 1.165) is 30.8 Å². The Morgan fingerprint density at radius 1 is 1.18 bits per heavy atom. The predicted octanol–water partition coefficient (Wildman–Crippen LogP) is 3.60. The molecule has 1 amide bonds. The molecule has 0 N–H and O–H groups in total. The topological polar surface area (TPSA) is 102 Å². The van der Waals surface area contributed by atoms with Crippen LogP contribution in [0.4, 0.5) is 5.82 Å². The third kappa shape index (κ3) is 5.47. The molecule has 0 saturated heterocycles. The minimum Gasteiger partial charge on any atom is -0.497 e. The van der Waals surface area contributed by atoms with E-state index in [1.165, 1.54) is 0 Å². The van der Waals surface area contributed by atoms with Gasteiger partial charge in [0.2, 0.25) is 5.91 Å². The lowest BCUT2D eigenvalue weighted by molar-refractivity contribution is -0.139. The molecule has 8 nitrogen and oxygen atoms in total. The number of hydrogen-bond acceptors (Lipinski definition) is 7. The Morgan fingerprint density at radius 2 is 1.94 bits per heavy atom. The van der Waals surface area contributed by atoms with Crippen molar-refractivity contribution in [3.8, 4) is 17.9 Å². The molecular formula is C26H31N5O3. The number of carbonyl (C=O) groups is 1. The van der Waals surface area contributed by atoms with E-state index in [1.807, 2.05) is 26.0 Å². The Morgan fingerprint density at radius 3 is 2.47 bits per heavy atom. The molecule has 1 unspecified atom stereocenters. The van der Waals surface area contributed by atoms with Crippen LogP contribution in [0.2, 0.25) is 0 Å². The molecule has 1 heterocycles. The standard InChI is InChI=1S/C26H31N5O3/c1-5-30(17-19(3)31(6-2)24-10-7-20(14-27)16-29-24)25(32)18-34-26(11-12-26)23-13-22(33-4)9-8-21(23)15-28/h7-10,13,16,19H,5-6,11-12,17-18H2,1-4H3. The fraction of sp³-hybridized carbons (Fsp3) is 0.462. The molecule has 0 radical (unpaired) electrons. The lowest BCUT2D eigenvalue weighted by Crippen LogP contribution is -2.46. The fourth-order valence-corrected chi connectivity index (χ4v) is 4.17. The summed E-state index contributed by atoms with van der Waals surface area (Å²) in [6.07, 6.45) is 3.09. The van der Waals surface area contributed by atoms with Crippen LogP contribution in [0.3, 0.4) is 0 Å². The minimum absolute atomic E-state index is 0.0211. The lowest BCUT2D eigenvalue weighted by atomic mass is 10.0. The van der Waals surface area contributed by atoms with Crippen molar-refractivity contribution in [2.45, 2.75) is 45.3 Å². The number of methoxy groups -OCH3 is 1. The number of benzene rings is 1. The number of anilines is 1. The van der Waals surface area contributed by atoms with Crippen molar-refractivity contribution in [1.82, 2.24) is 9.88 Å². The molecule has 1 aliphatic carbocycles. The van der Waals surface area contributed by atoms with Gasteiger partial charge in [0.1, 0.15) is 24.2 Å². The van der Waals surface area contributed by atoms with Crippen LogP contribution in [0.1, 0.15) is 50.3 Å². The van der Waals surface area contributed by atoms with Crippen LogP contribution in [0, 0.1) is 22.7 Å². The zero-order chi connectivity index (χ0) is 24.7. The summed E-state index contributed by atoms with van der Waals surface area (Å²) in [6, 6.07) is 13.2. The van der Waals surface area contributed by atoms with Gasteiger partial charge in [-0.2, -0.15) is 10.5 Å². The van der Waals surface area contributed by atoms with Crippen LogP contribution in [0.5, 0.6) is 5.75 Å². The highest BCUT2D eigenvalue weighted by atomic mass is 16.5. The van der Waals surface area contributed by atoms with Gasteiger partial charge in [-0.15, -0.1) is 0 Å². The van der Waals surface area contributed by atoms with Gasteiger partial charge in [-0.05, 0) is 63.9 Å². The molecule has 8 heteroatoms. The second kappa shape index (κ2) is 11.0. The molecule has 0 aliphatic heterocycles. The van der Waals surface area contributed by atoms with E-state index in [4.69, 9.17) is 14.7 Å². The molecule has 0 spiro atoms. The van der Waals surface area contributed by atoms with E-state index in [-0.39, 0.29) is 18.6 Å². The maximum atomic E-state index is 13.1. The first-order chi connectivity index (χ1) is 16.4. The van der Waals surface area contributed by atoms with Gasteiger partial charge < -0.3 is 19.3 Å². The fourth-order valence-electron chi connectivity index (χ4n) is 4.17. The van der Waals surface area contributed by atoms with Gasteiger partial charge in [-0.25, -0.2) is 4.98 Å². The molecule has 1 fully saturated rings. The Labute approximate surface area is 201 Å². The number of ether oxygens (including phenoxy) is 2. The van der Waals surface area contributed by atoms with Crippen LogP contribution in [-0.4, -0.2) is 55.2 Å². The quantitative estimate of drug-likeness (QED) is 0.504. The van der Waals surface area contributed by atoms with E-state index in [0.29, 0.717) is 30.0 Å². The number of carbonyl (C=O) groups excluding carboxylic acids is 1. The third-order valence-corrected chi connectivity index (χ3v) is 6.28. The smallest absolute Gasteiger partial charge is 0.248 e. The Bertz CT molecular complexity index is 1080. The molecule has 178 valence electrons. The second-order valence-corrected chi connectivity index (χ2v) is 8.39. The summed E-state index contributed by atoms with van der Waals surface area (Å²) < 4.78 is 11.5. The van der Waals surface area contributed by atoms with Gasteiger partial charge in [-0.3, -0.25) is 4.79 Å². The summed E-state index contributed by atoms with van der Waals surface area (Å²) in [4.78, 5) is 21.4. The van der Waals surface area contributed by atoms with Crippen molar-refractivity contribution in [2.75, 3.05) is 38.3 Å². The molecular weight excluding hydrogens is 430 g/mol. The van der Waals surface area contributed by atoms with Gasteiger partial charge in [0, 0.05) is 37.4 Å². The van der Waals surface area contributed by atoms with E-state index >= 15 is 0 Å². The summed E-state index contributed by atoms with van der Waals surface area (Å²) in [6.45, 7) is 7.78. The molecule has 1 aromatic heterocycles. The predicted molar refractivity (Wildman–Crippen MR) is 128 cm³/mol. The second-order valence-electron chi connectivity index (χ2n) is 8.39. The summed E-state index contributed by atoms with van der Waals surface area (Å²) in [5, 5.41) is 18.5. The Kier molecular flexibility index (Phi) is 8.09. The molecule has 1 aromatic carbocycles. The number of pyridine rings is 1. The van der Waals surface area contributed by atoms with Crippen molar-refractivity contribution in [3.05, 3.63) is 53.2 Å². The lowest BCUT2D eigenvalue weighted by Gasteiger charge is -2.33. The first-order valence-electron chi connectivity index (χ1n) is 11.5. The zero-order valence-electron chi connectivity index (χ0n) is 20.2. The third-order valence-electron chi connectivity index (χ3n) is 6.28. The largest absolute Gasteiger partial charge is 0.497 e. The average Bonchev–Trinajstić information content (AvgIpc) is 3.67. The number of hydrogen-bond donors (Lipinski definition) is 0. The van der Waals surface area contributed by atoms with Crippen LogP contribution >= 0.6 is 0 Å². The van der Waals surface area contributed by atoms with Crippen LogP contribution in [-0.2, 0) is 15.1 Å². The van der Waals surface area contributed by atoms with E-state index < -0.39 is 5.60 Å². The summed E-state index contributed by atoms with van der Waals surface area (Å²) in [5.74, 6) is 1.34. The van der Waals surface area contributed by atoms with Crippen LogP contribution in [0.25, 0.3) is 0 Å². The van der Waals surface area contributed by atoms with Crippen molar-refractivity contribution in [3.63, 3.8) is 0 Å². The monoisotopic (exact) mass is 461 g/mol. The maximum Gasteiger partial charge on any atom is 0.248 e. The van der Waals surface area contributed by atoms with Crippen molar-refractivity contribution < 1.29 is 14.3 Å². The number of amides is 1. The normalized spacial score (nSPS) is 14.4. The maximum absolute atomic E-state index is 13.1. The van der Waals surface area contributed by atoms with E-state index in [9.17, 15) is 10.1 Å². The van der Waals surface area contributed by atoms with Crippen molar-refractivity contribution >= 4 is 11.7 Å². The number of nitriles is 2. The van der Waals surface area contributed by atoms with Gasteiger partial charge in [-0.1, -0.05) is 0 Å². The van der Waals surface area contributed by atoms with E-state index in [2.05, 4.69) is 28.9 Å². The SMILES string of the molecule is CCN(CC(C)N(CC)c1ccc(C#N)cn1)C(=O)COC1(c2cc(OC)ccc2C#N)CC1. The summed E-state index contributed by atoms with van der Waals surface area (Å²) >= 11 is 0. The number of likely N-dealkylation sites (N-methyl/N-ethyl adjacent to an activating group) is 2. The molecule has 0 bridgehead atoms. The highest BCUT2D eigenvalue weighted by molar-refractivity contribution is 5.77. The number of nitrogens with zero attached hydrogens (tertiary/aromatic N) is 5. The van der Waals surface area contributed by atoms with E-state index in [1.54, 1.807) is 36.4 Å². The Hall–Kier alpha value is -3.62. The van der Waals surface area contributed by atoms with Crippen molar-refractivity contribution in [2.24, 2.45) is 0 Å². The van der Waals surface area contributed by atoms with Gasteiger partial charge in [0.15, 0.2) is 0 Å². The molecule has 1 atom stereocenters. The van der Waals surface area contributed by atoms with Crippen LogP contribution < -0.4 is 9.64 Å². The molecule has 2 aromatic rings. The number of aromatic nitrogens is 1. The first-order valence-corrected chi connectivity index (χ1v) is 11.5. The van der Waals surface area contributed by atoms with Gasteiger partial charge >= 0.3 is 0 Å². The molecule has 34 heavy (non-hydrogen) atoms.